The van der Waals surface area contributed by atoms with E-state index >= 15 is 0 Å². The van der Waals surface area contributed by atoms with Gasteiger partial charge in [-0.25, -0.2) is 9.67 Å². The van der Waals surface area contributed by atoms with E-state index in [1.54, 1.807) is 19.7 Å². The maximum Gasteiger partial charge on any atom is 0.191 e. The molecule has 0 unspecified atom stereocenters. The Morgan fingerprint density at radius 2 is 1.86 bits per heavy atom. The predicted octanol–water partition coefficient (Wildman–Crippen LogP) is 3.21. The molecule has 0 amide bonds. The van der Waals surface area contributed by atoms with Crippen LogP contribution in [0.3, 0.4) is 0 Å². The first-order valence-electron chi connectivity index (χ1n) is 9.34. The molecular formula is C21H27IN6O. The smallest absolute Gasteiger partial charge is 0.191 e. The summed E-state index contributed by atoms with van der Waals surface area (Å²) in [4.78, 5) is 8.29. The van der Waals surface area contributed by atoms with Crippen LogP contribution in [0, 0.1) is 0 Å². The molecule has 29 heavy (non-hydrogen) atoms. The first-order valence-corrected chi connectivity index (χ1v) is 9.34. The summed E-state index contributed by atoms with van der Waals surface area (Å²) in [6.07, 6.45) is 3.27. The number of halogens is 1. The van der Waals surface area contributed by atoms with Gasteiger partial charge in [-0.2, -0.15) is 5.10 Å². The molecular weight excluding hydrogens is 479 g/mol. The number of guanidine groups is 1. The van der Waals surface area contributed by atoms with E-state index < -0.39 is 0 Å². The molecule has 0 aliphatic rings. The minimum Gasteiger partial charge on any atom is -0.494 e. The van der Waals surface area contributed by atoms with Crippen molar-refractivity contribution in [1.29, 1.82) is 0 Å². The van der Waals surface area contributed by atoms with Crippen molar-refractivity contribution in [3.05, 3.63) is 77.9 Å². The van der Waals surface area contributed by atoms with Crippen molar-refractivity contribution in [2.75, 3.05) is 13.7 Å². The molecule has 0 saturated carbocycles. The zero-order valence-electron chi connectivity index (χ0n) is 16.7. The molecule has 3 aromatic rings. The fourth-order valence-corrected chi connectivity index (χ4v) is 2.87. The highest BCUT2D eigenvalue weighted by Crippen LogP contribution is 2.17. The zero-order valence-corrected chi connectivity index (χ0v) is 19.0. The van der Waals surface area contributed by atoms with Crippen molar-refractivity contribution in [3.63, 3.8) is 0 Å². The summed E-state index contributed by atoms with van der Waals surface area (Å²) >= 11 is 0. The largest absolute Gasteiger partial charge is 0.494 e. The molecule has 0 fully saturated rings. The topological polar surface area (TPSA) is 76.4 Å². The van der Waals surface area contributed by atoms with E-state index in [0.717, 1.165) is 17.3 Å². The lowest BCUT2D eigenvalue weighted by Crippen LogP contribution is -2.36. The van der Waals surface area contributed by atoms with E-state index in [4.69, 9.17) is 4.74 Å². The summed E-state index contributed by atoms with van der Waals surface area (Å²) in [5.74, 6) is 1.64. The summed E-state index contributed by atoms with van der Waals surface area (Å²) in [5.41, 5.74) is 3.45. The van der Waals surface area contributed by atoms with Crippen LogP contribution in [0.5, 0.6) is 5.75 Å². The molecule has 1 heterocycles. The highest BCUT2D eigenvalue weighted by Gasteiger charge is 2.05. The van der Waals surface area contributed by atoms with Crippen molar-refractivity contribution in [2.24, 2.45) is 4.99 Å². The summed E-state index contributed by atoms with van der Waals surface area (Å²) < 4.78 is 7.48. The number of rotatable bonds is 8. The molecule has 7 nitrogen and oxygen atoms in total. The number of para-hydroxylation sites is 1. The van der Waals surface area contributed by atoms with Crippen molar-refractivity contribution >= 4 is 29.9 Å². The van der Waals surface area contributed by atoms with Gasteiger partial charge in [0.25, 0.3) is 0 Å². The lowest BCUT2D eigenvalue weighted by Gasteiger charge is -2.14. The lowest BCUT2D eigenvalue weighted by atomic mass is 10.1. The molecule has 2 N–H and O–H groups in total. The molecule has 0 atom stereocenters. The molecule has 0 spiro atoms. The number of hydrogen-bond donors (Lipinski definition) is 2. The molecule has 8 heteroatoms. The van der Waals surface area contributed by atoms with E-state index in [1.165, 1.54) is 11.1 Å². The number of ether oxygens (including phenoxy) is 1. The van der Waals surface area contributed by atoms with Crippen LogP contribution >= 0.6 is 24.0 Å². The van der Waals surface area contributed by atoms with Gasteiger partial charge in [0.05, 0.1) is 13.2 Å². The summed E-state index contributed by atoms with van der Waals surface area (Å²) in [7, 11) is 1.77. The van der Waals surface area contributed by atoms with Gasteiger partial charge in [-0.1, -0.05) is 42.5 Å². The summed E-state index contributed by atoms with van der Waals surface area (Å²) in [6.45, 7) is 4.66. The van der Waals surface area contributed by atoms with Gasteiger partial charge in [0, 0.05) is 25.7 Å². The Morgan fingerprint density at radius 1 is 1.07 bits per heavy atom. The van der Waals surface area contributed by atoms with Gasteiger partial charge in [0.15, 0.2) is 5.96 Å². The van der Waals surface area contributed by atoms with Gasteiger partial charge in [-0.15, -0.1) is 24.0 Å². The second-order valence-electron chi connectivity index (χ2n) is 6.23. The van der Waals surface area contributed by atoms with Crippen LogP contribution in [-0.2, 0) is 19.6 Å². The van der Waals surface area contributed by atoms with Crippen molar-refractivity contribution in [1.82, 2.24) is 25.4 Å². The molecule has 0 saturated heterocycles. The standard InChI is InChI=1S/C21H26N6O.HI/c1-3-28-20-10-5-4-9-19(20)13-25-21(22-2)24-12-17-7-6-8-18(11-17)14-27-16-23-15-26-27;/h4-11,15-16H,3,12-14H2,1-2H3,(H2,22,24,25);1H. The highest BCUT2D eigenvalue weighted by molar-refractivity contribution is 14.0. The van der Waals surface area contributed by atoms with Crippen LogP contribution in [0.1, 0.15) is 23.6 Å². The number of nitrogens with one attached hydrogen (secondary N) is 2. The Balaban J connectivity index is 0.00000300. The number of nitrogens with zero attached hydrogens (tertiary/aromatic N) is 4. The first kappa shape index (κ1) is 22.7. The second kappa shape index (κ2) is 12.1. The fraction of sp³-hybridized carbons (Fsp3) is 0.286. The van der Waals surface area contributed by atoms with Crippen LogP contribution in [-0.4, -0.2) is 34.4 Å². The highest BCUT2D eigenvalue weighted by atomic mass is 127. The Kier molecular flexibility index (Phi) is 9.42. The minimum atomic E-state index is 0. The van der Waals surface area contributed by atoms with E-state index in [1.807, 2.05) is 29.8 Å². The first-order chi connectivity index (χ1) is 13.8. The lowest BCUT2D eigenvalue weighted by molar-refractivity contribution is 0.336. The van der Waals surface area contributed by atoms with Gasteiger partial charge in [-0.05, 0) is 24.1 Å². The van der Waals surface area contributed by atoms with E-state index in [9.17, 15) is 0 Å². The van der Waals surface area contributed by atoms with Crippen LogP contribution < -0.4 is 15.4 Å². The van der Waals surface area contributed by atoms with Crippen LogP contribution in [0.15, 0.2) is 66.2 Å². The maximum absolute atomic E-state index is 5.68. The fourth-order valence-electron chi connectivity index (χ4n) is 2.87. The quantitative estimate of drug-likeness (QED) is 0.279. The van der Waals surface area contributed by atoms with Gasteiger partial charge < -0.3 is 15.4 Å². The SMILES string of the molecule is CCOc1ccccc1CNC(=NC)NCc1cccc(Cn2cncn2)c1.I. The van der Waals surface area contributed by atoms with Gasteiger partial charge in [-0.3, -0.25) is 4.99 Å². The zero-order chi connectivity index (χ0) is 19.6. The molecule has 154 valence electrons. The molecule has 3 rings (SSSR count). The Hall–Kier alpha value is -2.62. The van der Waals surface area contributed by atoms with Crippen molar-refractivity contribution < 1.29 is 4.74 Å². The summed E-state index contributed by atoms with van der Waals surface area (Å²) in [5, 5.41) is 10.9. The third kappa shape index (κ3) is 7.04. The van der Waals surface area contributed by atoms with Crippen LogP contribution in [0.2, 0.25) is 0 Å². The normalized spacial score (nSPS) is 10.9. The third-order valence-corrected chi connectivity index (χ3v) is 4.20. The molecule has 0 aliphatic carbocycles. The molecule has 0 aliphatic heterocycles. The predicted molar refractivity (Wildman–Crippen MR) is 126 cm³/mol. The Morgan fingerprint density at radius 3 is 2.62 bits per heavy atom. The Labute approximate surface area is 188 Å². The number of hydrogen-bond acceptors (Lipinski definition) is 4. The molecule has 0 bridgehead atoms. The van der Waals surface area contributed by atoms with E-state index in [0.29, 0.717) is 26.2 Å². The van der Waals surface area contributed by atoms with Gasteiger partial charge >= 0.3 is 0 Å². The molecule has 1 aromatic heterocycles. The molecule has 2 aromatic carbocycles. The van der Waals surface area contributed by atoms with Gasteiger partial charge in [0.1, 0.15) is 18.4 Å². The van der Waals surface area contributed by atoms with E-state index in [2.05, 4.69) is 56.0 Å². The Bertz CT molecular complexity index is 898. The average molecular weight is 506 g/mol. The number of aliphatic imine (C=N–C) groups is 1. The number of benzene rings is 2. The number of aromatic nitrogens is 3. The van der Waals surface area contributed by atoms with Gasteiger partial charge in [0.2, 0.25) is 0 Å². The van der Waals surface area contributed by atoms with E-state index in [-0.39, 0.29) is 24.0 Å². The molecule has 0 radical (unpaired) electrons. The summed E-state index contributed by atoms with van der Waals surface area (Å²) in [6, 6.07) is 16.4. The van der Waals surface area contributed by atoms with Crippen molar-refractivity contribution in [3.8, 4) is 5.75 Å². The average Bonchev–Trinajstić information content (AvgIpc) is 3.23. The van der Waals surface area contributed by atoms with Crippen LogP contribution in [0.25, 0.3) is 0 Å². The van der Waals surface area contributed by atoms with Crippen molar-refractivity contribution in [2.45, 2.75) is 26.6 Å². The minimum absolute atomic E-state index is 0. The second-order valence-corrected chi connectivity index (χ2v) is 6.23. The monoisotopic (exact) mass is 506 g/mol. The maximum atomic E-state index is 5.68. The van der Waals surface area contributed by atoms with Crippen LogP contribution in [0.4, 0.5) is 0 Å². The third-order valence-electron chi connectivity index (χ3n) is 4.20.